The first-order chi connectivity index (χ1) is 9.51. The van der Waals surface area contributed by atoms with Crippen LogP contribution in [-0.2, 0) is 4.74 Å². The Bertz CT molecular complexity index is 662. The average Bonchev–Trinajstić information content (AvgIpc) is 2.44. The molecule has 0 bridgehead atoms. The molecule has 0 saturated carbocycles. The Balaban J connectivity index is 2.37. The molecular formula is C14H11Cl2NO2S. The van der Waals surface area contributed by atoms with Gasteiger partial charge >= 0.3 is 5.97 Å². The molecule has 6 heteroatoms. The number of rotatable bonds is 3. The smallest absolute Gasteiger partial charge is 0.339 e. The van der Waals surface area contributed by atoms with Crippen molar-refractivity contribution in [2.45, 2.75) is 9.79 Å². The number of methoxy groups -OCH3 is 1. The average molecular weight is 328 g/mol. The van der Waals surface area contributed by atoms with Crippen LogP contribution < -0.4 is 5.73 Å². The van der Waals surface area contributed by atoms with Gasteiger partial charge in [0.2, 0.25) is 0 Å². The predicted molar refractivity (Wildman–Crippen MR) is 82.8 cm³/mol. The van der Waals surface area contributed by atoms with Gasteiger partial charge in [-0.1, -0.05) is 35.0 Å². The highest BCUT2D eigenvalue weighted by molar-refractivity contribution is 7.99. The molecule has 0 saturated heterocycles. The lowest BCUT2D eigenvalue weighted by Crippen LogP contribution is -2.04. The summed E-state index contributed by atoms with van der Waals surface area (Å²) in [5, 5.41) is 0.952. The number of halogens is 2. The van der Waals surface area contributed by atoms with E-state index in [2.05, 4.69) is 0 Å². The van der Waals surface area contributed by atoms with Crippen LogP contribution in [0.15, 0.2) is 46.2 Å². The van der Waals surface area contributed by atoms with Gasteiger partial charge in [-0.15, -0.1) is 0 Å². The number of nitrogen functional groups attached to an aromatic ring is 1. The van der Waals surface area contributed by atoms with Gasteiger partial charge in [-0.2, -0.15) is 0 Å². The van der Waals surface area contributed by atoms with E-state index in [1.807, 2.05) is 6.07 Å². The zero-order chi connectivity index (χ0) is 14.7. The van der Waals surface area contributed by atoms with Crippen LogP contribution in [0.5, 0.6) is 0 Å². The Morgan fingerprint density at radius 2 is 1.90 bits per heavy atom. The van der Waals surface area contributed by atoms with E-state index in [1.165, 1.54) is 18.9 Å². The molecule has 2 aromatic carbocycles. The molecule has 104 valence electrons. The summed E-state index contributed by atoms with van der Waals surface area (Å²) in [5.74, 6) is -0.431. The first kappa shape index (κ1) is 15.0. The molecular weight excluding hydrogens is 317 g/mol. The van der Waals surface area contributed by atoms with Gasteiger partial charge in [0, 0.05) is 15.5 Å². The first-order valence-corrected chi connectivity index (χ1v) is 7.19. The number of carbonyl (C=O) groups excluding carboxylic acids is 1. The second-order valence-corrected chi connectivity index (χ2v) is 5.85. The topological polar surface area (TPSA) is 52.3 Å². The molecule has 0 fully saturated rings. The second kappa shape index (κ2) is 6.39. The minimum Gasteiger partial charge on any atom is -0.465 e. The molecule has 0 amide bonds. The Labute approximate surface area is 131 Å². The normalized spacial score (nSPS) is 10.3. The van der Waals surface area contributed by atoms with Crippen molar-refractivity contribution < 1.29 is 9.53 Å². The fourth-order valence-corrected chi connectivity index (χ4v) is 2.89. The molecule has 0 aliphatic rings. The first-order valence-electron chi connectivity index (χ1n) is 5.62. The van der Waals surface area contributed by atoms with E-state index < -0.39 is 5.97 Å². The molecule has 0 aromatic heterocycles. The van der Waals surface area contributed by atoms with Gasteiger partial charge in [-0.3, -0.25) is 0 Å². The van der Waals surface area contributed by atoms with Crippen molar-refractivity contribution in [2.75, 3.05) is 12.8 Å². The van der Waals surface area contributed by atoms with Crippen molar-refractivity contribution >= 4 is 46.6 Å². The Kier molecular flexibility index (Phi) is 4.81. The summed E-state index contributed by atoms with van der Waals surface area (Å²) in [4.78, 5) is 13.4. The summed E-state index contributed by atoms with van der Waals surface area (Å²) >= 11 is 13.2. The number of benzene rings is 2. The third-order valence-electron chi connectivity index (χ3n) is 2.53. The minimum atomic E-state index is -0.431. The van der Waals surface area contributed by atoms with E-state index in [-0.39, 0.29) is 0 Å². The Morgan fingerprint density at radius 1 is 1.15 bits per heavy atom. The maximum atomic E-state index is 11.8. The van der Waals surface area contributed by atoms with Crippen molar-refractivity contribution in [2.24, 2.45) is 0 Å². The van der Waals surface area contributed by atoms with Crippen molar-refractivity contribution in [3.05, 3.63) is 52.0 Å². The van der Waals surface area contributed by atoms with Crippen LogP contribution in [-0.4, -0.2) is 13.1 Å². The predicted octanol–water partition coefficient (Wildman–Crippen LogP) is 4.51. The van der Waals surface area contributed by atoms with E-state index >= 15 is 0 Å². The number of carbonyl (C=O) groups is 1. The van der Waals surface area contributed by atoms with Crippen molar-refractivity contribution in [3.63, 3.8) is 0 Å². The quantitative estimate of drug-likeness (QED) is 0.665. The van der Waals surface area contributed by atoms with Gasteiger partial charge in [0.05, 0.1) is 22.7 Å². The summed E-state index contributed by atoms with van der Waals surface area (Å²) in [6, 6.07) is 10.4. The molecule has 2 N–H and O–H groups in total. The van der Waals surface area contributed by atoms with Crippen molar-refractivity contribution in [1.29, 1.82) is 0 Å². The fourth-order valence-electron chi connectivity index (χ4n) is 1.57. The summed E-state index contributed by atoms with van der Waals surface area (Å²) < 4.78 is 4.76. The monoisotopic (exact) mass is 327 g/mol. The number of hydrogen-bond donors (Lipinski definition) is 1. The molecule has 0 radical (unpaired) electrons. The molecule has 2 aromatic rings. The van der Waals surface area contributed by atoms with Gasteiger partial charge in [0.25, 0.3) is 0 Å². The highest BCUT2D eigenvalue weighted by atomic mass is 35.5. The van der Waals surface area contributed by atoms with Crippen LogP contribution in [0, 0.1) is 0 Å². The third kappa shape index (κ3) is 3.39. The standard InChI is InChI=1S/C14H11Cl2NO2S/c1-19-14(18)10-6-8(17)2-5-13(10)20-9-3-4-11(15)12(16)7-9/h2-7H,17H2,1H3. The molecule has 0 aliphatic heterocycles. The zero-order valence-electron chi connectivity index (χ0n) is 10.5. The highest BCUT2D eigenvalue weighted by Crippen LogP contribution is 2.35. The molecule has 20 heavy (non-hydrogen) atoms. The number of hydrogen-bond acceptors (Lipinski definition) is 4. The highest BCUT2D eigenvalue weighted by Gasteiger charge is 2.13. The molecule has 0 atom stereocenters. The van der Waals surface area contributed by atoms with Crippen LogP contribution in [0.2, 0.25) is 10.0 Å². The van der Waals surface area contributed by atoms with Crippen LogP contribution in [0.3, 0.4) is 0 Å². The van der Waals surface area contributed by atoms with Gasteiger partial charge in [-0.25, -0.2) is 4.79 Å². The lowest BCUT2D eigenvalue weighted by Gasteiger charge is -2.09. The SMILES string of the molecule is COC(=O)c1cc(N)ccc1Sc1ccc(Cl)c(Cl)c1. The second-order valence-electron chi connectivity index (χ2n) is 3.93. The molecule has 0 aliphatic carbocycles. The summed E-state index contributed by atoms with van der Waals surface area (Å²) in [7, 11) is 1.33. The van der Waals surface area contributed by atoms with Crippen LogP contribution >= 0.6 is 35.0 Å². The number of ether oxygens (including phenoxy) is 1. The molecule has 0 spiro atoms. The van der Waals surface area contributed by atoms with Crippen molar-refractivity contribution in [3.8, 4) is 0 Å². The van der Waals surface area contributed by atoms with Crippen LogP contribution in [0.4, 0.5) is 5.69 Å². The number of nitrogens with two attached hydrogens (primary N) is 1. The van der Waals surface area contributed by atoms with Gasteiger partial charge < -0.3 is 10.5 Å². The summed E-state index contributed by atoms with van der Waals surface area (Å²) in [6.45, 7) is 0. The maximum absolute atomic E-state index is 11.8. The largest absolute Gasteiger partial charge is 0.465 e. The lowest BCUT2D eigenvalue weighted by atomic mass is 10.2. The van der Waals surface area contributed by atoms with E-state index in [0.29, 0.717) is 21.3 Å². The number of anilines is 1. The minimum absolute atomic E-state index is 0.420. The van der Waals surface area contributed by atoms with Gasteiger partial charge in [-0.05, 0) is 36.4 Å². The van der Waals surface area contributed by atoms with Crippen molar-refractivity contribution in [1.82, 2.24) is 0 Å². The lowest BCUT2D eigenvalue weighted by molar-refractivity contribution is 0.0597. The summed E-state index contributed by atoms with van der Waals surface area (Å²) in [6.07, 6.45) is 0. The number of esters is 1. The molecule has 3 nitrogen and oxygen atoms in total. The van der Waals surface area contributed by atoms with E-state index in [1.54, 1.807) is 30.3 Å². The van der Waals surface area contributed by atoms with Crippen LogP contribution in [0.1, 0.15) is 10.4 Å². The van der Waals surface area contributed by atoms with Gasteiger partial charge in [0.15, 0.2) is 0 Å². The Morgan fingerprint density at radius 3 is 2.55 bits per heavy atom. The summed E-state index contributed by atoms with van der Waals surface area (Å²) in [5.41, 5.74) is 6.63. The van der Waals surface area contributed by atoms with E-state index in [0.717, 1.165) is 9.79 Å². The zero-order valence-corrected chi connectivity index (χ0v) is 12.9. The van der Waals surface area contributed by atoms with E-state index in [9.17, 15) is 4.79 Å². The van der Waals surface area contributed by atoms with E-state index in [4.69, 9.17) is 33.7 Å². The molecule has 2 rings (SSSR count). The maximum Gasteiger partial charge on any atom is 0.339 e. The fraction of sp³-hybridized carbons (Fsp3) is 0.0714. The third-order valence-corrected chi connectivity index (χ3v) is 4.33. The van der Waals surface area contributed by atoms with Gasteiger partial charge in [0.1, 0.15) is 0 Å². The van der Waals surface area contributed by atoms with Crippen LogP contribution in [0.25, 0.3) is 0 Å². The Hall–Kier alpha value is -1.36. The molecule has 0 heterocycles. The molecule has 0 unspecified atom stereocenters.